The summed E-state index contributed by atoms with van der Waals surface area (Å²) in [6.45, 7) is 0. The predicted octanol–water partition coefficient (Wildman–Crippen LogP) is 2.59. The number of carbonyl (C=O) groups excluding carboxylic acids is 1. The summed E-state index contributed by atoms with van der Waals surface area (Å²) in [5, 5.41) is 9.14. The molecule has 0 unspecified atom stereocenters. The molecule has 3 heteroatoms. The number of ether oxygens (including phenoxy) is 1. The van der Waals surface area contributed by atoms with E-state index in [-0.39, 0.29) is 17.8 Å². The Morgan fingerprint density at radius 3 is 3.00 bits per heavy atom. The van der Waals surface area contributed by atoms with Crippen LogP contribution >= 0.6 is 0 Å². The van der Waals surface area contributed by atoms with E-state index in [0.717, 1.165) is 31.2 Å². The molecule has 1 saturated carbocycles. The number of carbonyl (C=O) groups is 1. The average Bonchev–Trinajstić information content (AvgIpc) is 2.80. The van der Waals surface area contributed by atoms with Crippen molar-refractivity contribution in [1.82, 2.24) is 0 Å². The molecule has 1 aromatic rings. The van der Waals surface area contributed by atoms with Gasteiger partial charge in [-0.25, -0.2) is 0 Å². The monoisotopic (exact) mass is 255 g/mol. The lowest BCUT2D eigenvalue weighted by molar-refractivity contribution is -0.151. The highest BCUT2D eigenvalue weighted by Gasteiger charge is 2.55. The first-order chi connectivity index (χ1) is 9.22. The number of hydrogen-bond acceptors (Lipinski definition) is 3. The molecule has 0 heterocycles. The van der Waals surface area contributed by atoms with Gasteiger partial charge in [0.2, 0.25) is 0 Å². The molecule has 3 nitrogen and oxygen atoms in total. The van der Waals surface area contributed by atoms with Gasteiger partial charge in [0.1, 0.15) is 0 Å². The van der Waals surface area contributed by atoms with Crippen LogP contribution in [0.1, 0.15) is 30.4 Å². The van der Waals surface area contributed by atoms with E-state index in [9.17, 15) is 4.79 Å². The summed E-state index contributed by atoms with van der Waals surface area (Å²) in [6.07, 6.45) is 3.22. The van der Waals surface area contributed by atoms with Gasteiger partial charge < -0.3 is 4.74 Å². The molecule has 0 spiro atoms. The molecular formula is C16H17NO2. The van der Waals surface area contributed by atoms with Gasteiger partial charge in [0.05, 0.1) is 18.6 Å². The van der Waals surface area contributed by atoms with Crippen molar-refractivity contribution >= 4 is 5.97 Å². The number of rotatable bonds is 1. The molecule has 3 atom stereocenters. The van der Waals surface area contributed by atoms with Gasteiger partial charge in [-0.05, 0) is 42.7 Å². The third kappa shape index (κ3) is 1.59. The van der Waals surface area contributed by atoms with Gasteiger partial charge in [-0.15, -0.1) is 0 Å². The van der Waals surface area contributed by atoms with Gasteiger partial charge in [-0.2, -0.15) is 5.26 Å². The number of hydrogen-bond donors (Lipinski definition) is 0. The Labute approximate surface area is 113 Å². The van der Waals surface area contributed by atoms with Crippen LogP contribution in [0.3, 0.4) is 0 Å². The predicted molar refractivity (Wildman–Crippen MR) is 70.3 cm³/mol. The van der Waals surface area contributed by atoms with Crippen molar-refractivity contribution in [2.75, 3.05) is 7.11 Å². The number of esters is 1. The fraction of sp³-hybridized carbons (Fsp3) is 0.500. The second-order valence-electron chi connectivity index (χ2n) is 5.62. The Hall–Kier alpha value is -1.82. The van der Waals surface area contributed by atoms with Crippen molar-refractivity contribution < 1.29 is 9.53 Å². The van der Waals surface area contributed by atoms with Crippen LogP contribution in [-0.4, -0.2) is 13.1 Å². The Morgan fingerprint density at radius 2 is 2.26 bits per heavy atom. The molecule has 19 heavy (non-hydrogen) atoms. The minimum Gasteiger partial charge on any atom is -0.468 e. The molecule has 0 N–H and O–H groups in total. The Kier molecular flexibility index (Phi) is 2.82. The molecule has 3 rings (SSSR count). The minimum absolute atomic E-state index is 0.0806. The first kappa shape index (κ1) is 12.2. The molecule has 1 aromatic carbocycles. The number of fused-ring (bicyclic) bond motifs is 3. The lowest BCUT2D eigenvalue weighted by Crippen LogP contribution is -2.45. The van der Waals surface area contributed by atoms with Crippen LogP contribution < -0.4 is 0 Å². The summed E-state index contributed by atoms with van der Waals surface area (Å²) in [4.78, 5) is 12.4. The lowest BCUT2D eigenvalue weighted by Gasteiger charge is -2.39. The molecule has 98 valence electrons. The molecule has 2 aliphatic carbocycles. The third-order valence-electron chi connectivity index (χ3n) is 4.85. The number of nitrogens with zero attached hydrogens (tertiary/aromatic N) is 1. The van der Waals surface area contributed by atoms with Gasteiger partial charge in [0.15, 0.2) is 0 Å². The fourth-order valence-electron chi connectivity index (χ4n) is 3.96. The summed E-state index contributed by atoms with van der Waals surface area (Å²) in [7, 11) is 1.46. The Bertz CT molecular complexity index is 560. The molecule has 0 aromatic heterocycles. The van der Waals surface area contributed by atoms with Gasteiger partial charge in [0, 0.05) is 5.92 Å². The van der Waals surface area contributed by atoms with Crippen molar-refractivity contribution in [1.29, 1.82) is 5.26 Å². The molecule has 0 radical (unpaired) electrons. The van der Waals surface area contributed by atoms with Crippen LogP contribution in [-0.2, 0) is 21.4 Å². The second kappa shape index (κ2) is 4.38. The van der Waals surface area contributed by atoms with Crippen molar-refractivity contribution in [3.63, 3.8) is 0 Å². The maximum atomic E-state index is 12.4. The lowest BCUT2D eigenvalue weighted by atomic mass is 9.63. The van der Waals surface area contributed by atoms with E-state index in [1.807, 2.05) is 12.1 Å². The van der Waals surface area contributed by atoms with Crippen molar-refractivity contribution in [3.8, 4) is 6.07 Å². The molecule has 0 aliphatic heterocycles. The maximum Gasteiger partial charge on any atom is 0.316 e. The quantitative estimate of drug-likeness (QED) is 0.725. The fourth-order valence-corrected chi connectivity index (χ4v) is 3.96. The van der Waals surface area contributed by atoms with E-state index in [2.05, 4.69) is 18.2 Å². The maximum absolute atomic E-state index is 12.4. The number of methoxy groups -OCH3 is 1. The van der Waals surface area contributed by atoms with Crippen LogP contribution in [0.2, 0.25) is 0 Å². The molecule has 2 aliphatic rings. The minimum atomic E-state index is -0.501. The van der Waals surface area contributed by atoms with Crippen molar-refractivity contribution in [2.45, 2.75) is 31.1 Å². The van der Waals surface area contributed by atoms with Gasteiger partial charge in [-0.1, -0.05) is 24.3 Å². The van der Waals surface area contributed by atoms with Crippen LogP contribution in [0.25, 0.3) is 0 Å². The number of nitriles is 1. The summed E-state index contributed by atoms with van der Waals surface area (Å²) in [5.74, 6) is 0.173. The Balaban J connectivity index is 2.09. The molecule has 0 amide bonds. The van der Waals surface area contributed by atoms with Crippen LogP contribution in [0.15, 0.2) is 24.3 Å². The highest BCUT2D eigenvalue weighted by Crippen LogP contribution is 2.53. The summed E-state index contributed by atoms with van der Waals surface area (Å²) in [5.41, 5.74) is 1.87. The molecular weight excluding hydrogens is 238 g/mol. The van der Waals surface area contributed by atoms with E-state index in [1.54, 1.807) is 0 Å². The van der Waals surface area contributed by atoms with Crippen LogP contribution in [0, 0.1) is 23.2 Å². The zero-order valence-corrected chi connectivity index (χ0v) is 11.1. The van der Waals surface area contributed by atoms with Gasteiger partial charge >= 0.3 is 5.97 Å². The molecule has 0 saturated heterocycles. The molecule has 0 bridgehead atoms. The average molecular weight is 255 g/mol. The smallest absolute Gasteiger partial charge is 0.316 e. The van der Waals surface area contributed by atoms with Gasteiger partial charge in [0.25, 0.3) is 0 Å². The first-order valence-corrected chi connectivity index (χ1v) is 6.78. The summed E-state index contributed by atoms with van der Waals surface area (Å²) in [6, 6.07) is 10.5. The zero-order chi connectivity index (χ0) is 13.5. The highest BCUT2D eigenvalue weighted by molar-refractivity contribution is 5.85. The van der Waals surface area contributed by atoms with Crippen LogP contribution in [0.5, 0.6) is 0 Å². The third-order valence-corrected chi connectivity index (χ3v) is 4.85. The van der Waals surface area contributed by atoms with E-state index >= 15 is 0 Å². The highest BCUT2D eigenvalue weighted by atomic mass is 16.5. The Morgan fingerprint density at radius 1 is 1.47 bits per heavy atom. The van der Waals surface area contributed by atoms with Crippen molar-refractivity contribution in [3.05, 3.63) is 35.4 Å². The van der Waals surface area contributed by atoms with E-state index in [4.69, 9.17) is 10.00 Å². The second-order valence-corrected chi connectivity index (χ2v) is 5.62. The van der Waals surface area contributed by atoms with E-state index in [0.29, 0.717) is 0 Å². The molecule has 1 fully saturated rings. The summed E-state index contributed by atoms with van der Waals surface area (Å²) >= 11 is 0. The standard InChI is InChI=1S/C16H17NO2/c1-19-15(18)16-7-6-11(10-17)8-13(16)9-12-4-2-3-5-14(12)16/h2-5,11,13H,6-9H2,1H3/t11-,13-,16+/m0/s1. The van der Waals surface area contributed by atoms with Crippen molar-refractivity contribution in [2.24, 2.45) is 11.8 Å². The topological polar surface area (TPSA) is 50.1 Å². The summed E-state index contributed by atoms with van der Waals surface area (Å²) < 4.78 is 5.10. The first-order valence-electron chi connectivity index (χ1n) is 6.78. The van der Waals surface area contributed by atoms with Crippen LogP contribution in [0.4, 0.5) is 0 Å². The SMILES string of the molecule is COC(=O)[C@]12CC[C@H](C#N)C[C@H]1Cc1ccccc12. The normalized spacial score (nSPS) is 32.0. The number of benzene rings is 1. The van der Waals surface area contributed by atoms with E-state index in [1.165, 1.54) is 12.7 Å². The van der Waals surface area contributed by atoms with Gasteiger partial charge in [-0.3, -0.25) is 4.79 Å². The van der Waals surface area contributed by atoms with E-state index < -0.39 is 5.41 Å². The largest absolute Gasteiger partial charge is 0.468 e. The zero-order valence-electron chi connectivity index (χ0n) is 11.1.